The molecular weight excluding hydrogens is 490 g/mol. The topological polar surface area (TPSA) is 133 Å². The summed E-state index contributed by atoms with van der Waals surface area (Å²) in [6, 6.07) is 12.5. The Kier molecular flexibility index (Phi) is 6.54. The van der Waals surface area contributed by atoms with Gasteiger partial charge in [0.05, 0.1) is 31.5 Å². The Morgan fingerprint density at radius 2 is 2.05 bits per heavy atom. The lowest BCUT2D eigenvalue weighted by molar-refractivity contribution is 0.163. The predicted octanol–water partition coefficient (Wildman–Crippen LogP) is 2.67. The Labute approximate surface area is 216 Å². The standard InChI is InChI=1S/C26H25N7O5/c1-35-9-7-33-25(29-30-31-33)24(32(15-19-5-3-8-36-19)14-17-4-2-6-27-13-17)20-10-18-11-22-23(38-16-37-22)12-21(18)28-26(20)34/h2-6,8,10-13,24H,7,9,14-16H2,1H3,(H,28,34). The minimum Gasteiger partial charge on any atom is -0.468 e. The van der Waals surface area contributed by atoms with Gasteiger partial charge in [0, 0.05) is 43.1 Å². The van der Waals surface area contributed by atoms with Crippen molar-refractivity contribution in [3.63, 3.8) is 0 Å². The molecule has 0 fully saturated rings. The van der Waals surface area contributed by atoms with E-state index >= 15 is 0 Å². The summed E-state index contributed by atoms with van der Waals surface area (Å²) < 4.78 is 23.7. The Hall–Kier alpha value is -4.55. The lowest BCUT2D eigenvalue weighted by atomic mass is 10.0. The first-order valence-electron chi connectivity index (χ1n) is 12.1. The van der Waals surface area contributed by atoms with E-state index in [1.165, 1.54) is 0 Å². The number of aromatic nitrogens is 6. The first-order chi connectivity index (χ1) is 18.7. The van der Waals surface area contributed by atoms with Gasteiger partial charge in [-0.25, -0.2) is 4.68 Å². The third kappa shape index (κ3) is 4.74. The van der Waals surface area contributed by atoms with Gasteiger partial charge in [0.15, 0.2) is 17.3 Å². The second-order valence-corrected chi connectivity index (χ2v) is 8.85. The van der Waals surface area contributed by atoms with Gasteiger partial charge in [-0.3, -0.25) is 14.7 Å². The molecule has 0 spiro atoms. The number of nitrogens with zero attached hydrogens (tertiary/aromatic N) is 6. The second kappa shape index (κ2) is 10.4. The third-order valence-electron chi connectivity index (χ3n) is 6.38. The fourth-order valence-corrected chi connectivity index (χ4v) is 4.63. The van der Waals surface area contributed by atoms with E-state index in [1.54, 1.807) is 36.5 Å². The zero-order chi connectivity index (χ0) is 25.9. The highest BCUT2D eigenvalue weighted by Gasteiger charge is 2.32. The molecule has 0 bridgehead atoms. The zero-order valence-corrected chi connectivity index (χ0v) is 20.6. The Bertz CT molecular complexity index is 1580. The summed E-state index contributed by atoms with van der Waals surface area (Å²) in [6.07, 6.45) is 5.15. The van der Waals surface area contributed by atoms with Crippen molar-refractivity contribution in [3.8, 4) is 11.5 Å². The number of furan rings is 1. The molecule has 0 saturated carbocycles. The molecule has 12 nitrogen and oxygen atoms in total. The maximum Gasteiger partial charge on any atom is 0.253 e. The van der Waals surface area contributed by atoms with Crippen molar-refractivity contribution in [1.29, 1.82) is 0 Å². The molecule has 0 aliphatic carbocycles. The highest BCUT2D eigenvalue weighted by Crippen LogP contribution is 2.36. The van der Waals surface area contributed by atoms with Crippen LogP contribution in [0, 0.1) is 0 Å². The van der Waals surface area contributed by atoms with Crippen LogP contribution in [0.5, 0.6) is 11.5 Å². The lowest BCUT2D eigenvalue weighted by Crippen LogP contribution is -2.35. The number of aromatic amines is 1. The van der Waals surface area contributed by atoms with Crippen molar-refractivity contribution in [2.24, 2.45) is 0 Å². The van der Waals surface area contributed by atoms with Crippen LogP contribution in [-0.4, -0.2) is 55.6 Å². The highest BCUT2D eigenvalue weighted by molar-refractivity contribution is 5.83. The van der Waals surface area contributed by atoms with Crippen molar-refractivity contribution in [1.82, 2.24) is 35.1 Å². The van der Waals surface area contributed by atoms with Crippen LogP contribution in [0.4, 0.5) is 0 Å². The fraction of sp³-hybridized carbons (Fsp3) is 0.269. The number of rotatable bonds is 10. The number of fused-ring (bicyclic) bond motifs is 2. The third-order valence-corrected chi connectivity index (χ3v) is 6.38. The summed E-state index contributed by atoms with van der Waals surface area (Å²) in [4.78, 5) is 23.0. The van der Waals surface area contributed by atoms with Crippen molar-refractivity contribution in [2.75, 3.05) is 20.5 Å². The van der Waals surface area contributed by atoms with Gasteiger partial charge in [0.2, 0.25) is 6.79 Å². The average Bonchev–Trinajstić information content (AvgIpc) is 3.70. The lowest BCUT2D eigenvalue weighted by Gasteiger charge is -2.30. The SMILES string of the molecule is COCCn1nnnc1C(c1cc2cc3c(cc2[nH]c1=O)OCO3)N(Cc1cccnc1)Cc1ccco1. The normalized spacial score (nSPS) is 13.4. The molecule has 0 radical (unpaired) electrons. The monoisotopic (exact) mass is 515 g/mol. The zero-order valence-electron chi connectivity index (χ0n) is 20.6. The van der Waals surface area contributed by atoms with Crippen LogP contribution < -0.4 is 15.0 Å². The molecule has 0 saturated heterocycles. The predicted molar refractivity (Wildman–Crippen MR) is 134 cm³/mol. The summed E-state index contributed by atoms with van der Waals surface area (Å²) in [7, 11) is 1.62. The van der Waals surface area contributed by atoms with E-state index < -0.39 is 6.04 Å². The summed E-state index contributed by atoms with van der Waals surface area (Å²) >= 11 is 0. The molecule has 4 aromatic heterocycles. The van der Waals surface area contributed by atoms with Crippen LogP contribution in [-0.2, 0) is 24.4 Å². The molecule has 1 aromatic carbocycles. The quantitative estimate of drug-likeness (QED) is 0.296. The molecule has 12 heteroatoms. The van der Waals surface area contributed by atoms with Crippen molar-refractivity contribution < 1.29 is 18.6 Å². The Morgan fingerprint density at radius 3 is 2.84 bits per heavy atom. The van der Waals surface area contributed by atoms with E-state index in [9.17, 15) is 4.79 Å². The van der Waals surface area contributed by atoms with Crippen molar-refractivity contribution in [2.45, 2.75) is 25.7 Å². The van der Waals surface area contributed by atoms with Crippen LogP contribution in [0.1, 0.15) is 28.8 Å². The fourth-order valence-electron chi connectivity index (χ4n) is 4.63. The van der Waals surface area contributed by atoms with Gasteiger partial charge in [-0.1, -0.05) is 6.07 Å². The first kappa shape index (κ1) is 23.8. The van der Waals surface area contributed by atoms with Gasteiger partial charge < -0.3 is 23.6 Å². The molecule has 1 atom stereocenters. The smallest absolute Gasteiger partial charge is 0.253 e. The molecule has 5 heterocycles. The summed E-state index contributed by atoms with van der Waals surface area (Å²) in [5.74, 6) is 2.45. The molecule has 1 N–H and O–H groups in total. The van der Waals surface area contributed by atoms with Crippen LogP contribution in [0.15, 0.2) is 70.3 Å². The van der Waals surface area contributed by atoms with E-state index in [-0.39, 0.29) is 12.4 Å². The molecule has 1 aliphatic heterocycles. The molecule has 38 heavy (non-hydrogen) atoms. The summed E-state index contributed by atoms with van der Waals surface area (Å²) in [5, 5.41) is 13.3. The second-order valence-electron chi connectivity index (χ2n) is 8.85. The molecule has 1 unspecified atom stereocenters. The Morgan fingerprint density at radius 1 is 1.16 bits per heavy atom. The summed E-state index contributed by atoms with van der Waals surface area (Å²) in [5.41, 5.74) is 1.81. The largest absolute Gasteiger partial charge is 0.468 e. The van der Waals surface area contributed by atoms with E-state index in [4.69, 9.17) is 18.6 Å². The van der Waals surface area contributed by atoms with E-state index in [0.29, 0.717) is 54.6 Å². The number of benzene rings is 1. The molecule has 6 rings (SSSR count). The highest BCUT2D eigenvalue weighted by atomic mass is 16.7. The summed E-state index contributed by atoms with van der Waals surface area (Å²) in [6.45, 7) is 1.81. The molecular formula is C26H25N7O5. The molecule has 194 valence electrons. The van der Waals surface area contributed by atoms with Gasteiger partial charge in [-0.15, -0.1) is 5.10 Å². The van der Waals surface area contributed by atoms with Crippen LogP contribution in [0.2, 0.25) is 0 Å². The van der Waals surface area contributed by atoms with Crippen molar-refractivity contribution in [3.05, 3.63) is 94.2 Å². The average molecular weight is 516 g/mol. The number of tetrazole rings is 1. The van der Waals surface area contributed by atoms with E-state index in [2.05, 4.69) is 30.4 Å². The molecule has 1 aliphatic rings. The number of ether oxygens (including phenoxy) is 3. The minimum absolute atomic E-state index is 0.141. The number of methoxy groups -OCH3 is 1. The van der Waals surface area contributed by atoms with Gasteiger partial charge in [-0.05, 0) is 46.3 Å². The minimum atomic E-state index is -0.634. The first-order valence-corrected chi connectivity index (χ1v) is 12.1. The maximum atomic E-state index is 13.7. The number of hydrogen-bond donors (Lipinski definition) is 1. The van der Waals surface area contributed by atoms with Crippen LogP contribution in [0.3, 0.4) is 0 Å². The maximum absolute atomic E-state index is 13.7. The van der Waals surface area contributed by atoms with Gasteiger partial charge in [0.25, 0.3) is 5.56 Å². The molecule has 5 aromatic rings. The molecule has 0 amide bonds. The van der Waals surface area contributed by atoms with Crippen LogP contribution in [0.25, 0.3) is 10.9 Å². The van der Waals surface area contributed by atoms with E-state index in [1.807, 2.05) is 36.4 Å². The number of nitrogens with one attached hydrogen (secondary N) is 1. The number of hydrogen-bond acceptors (Lipinski definition) is 10. The van der Waals surface area contributed by atoms with Gasteiger partial charge >= 0.3 is 0 Å². The van der Waals surface area contributed by atoms with Crippen LogP contribution >= 0.6 is 0 Å². The van der Waals surface area contributed by atoms with E-state index in [0.717, 1.165) is 16.7 Å². The van der Waals surface area contributed by atoms with Gasteiger partial charge in [-0.2, -0.15) is 0 Å². The van der Waals surface area contributed by atoms with Crippen molar-refractivity contribution >= 4 is 10.9 Å². The van der Waals surface area contributed by atoms with Gasteiger partial charge in [0.1, 0.15) is 11.8 Å². The number of pyridine rings is 2. The number of H-pyrrole nitrogens is 1. The Balaban J connectivity index is 1.51.